The van der Waals surface area contributed by atoms with Crippen LogP contribution < -0.4 is 5.32 Å². The Morgan fingerprint density at radius 1 is 1.30 bits per heavy atom. The molecule has 0 aromatic heterocycles. The monoisotopic (exact) mass is 360 g/mol. The molecule has 6 heteroatoms. The molecule has 1 aromatic rings. The van der Waals surface area contributed by atoms with Gasteiger partial charge in [-0.1, -0.05) is 31.5 Å². The van der Waals surface area contributed by atoms with Crippen molar-refractivity contribution >= 4 is 22.2 Å². The highest BCUT2D eigenvalue weighted by Crippen LogP contribution is 2.45. The second-order valence-corrected chi connectivity index (χ2v) is 9.44. The second kappa shape index (κ2) is 8.19. The summed E-state index contributed by atoms with van der Waals surface area (Å²) in [5, 5.41) is 4.03. The standard InChI is InChI=1S/C17H29ClN2O2S/c1-13(2)11-20(15-6-8-19-9-7-15)12-14-4-5-16(10-17(14)18)23(3,21)22/h4-5,10,13,15,19,21-22H,6-9,11-12H2,1-3H3. The lowest BCUT2D eigenvalue weighted by molar-refractivity contribution is 0.137. The second-order valence-electron chi connectivity index (χ2n) is 6.89. The molecule has 0 radical (unpaired) electrons. The number of piperidine rings is 1. The van der Waals surface area contributed by atoms with Crippen LogP contribution in [0.5, 0.6) is 0 Å². The SMILES string of the molecule is CC(C)CN(Cc1ccc(S(C)(O)O)cc1Cl)C1CCNCC1. The van der Waals surface area contributed by atoms with Gasteiger partial charge in [-0.3, -0.25) is 14.0 Å². The van der Waals surface area contributed by atoms with Crippen molar-refractivity contribution in [1.82, 2.24) is 10.2 Å². The summed E-state index contributed by atoms with van der Waals surface area (Å²) in [5.74, 6) is 0.602. The topological polar surface area (TPSA) is 55.7 Å². The first kappa shape index (κ1) is 19.0. The number of hydrogen-bond acceptors (Lipinski definition) is 4. The van der Waals surface area contributed by atoms with E-state index in [9.17, 15) is 9.11 Å². The van der Waals surface area contributed by atoms with Gasteiger partial charge in [0.25, 0.3) is 0 Å². The fraction of sp³-hybridized carbons (Fsp3) is 0.647. The highest BCUT2D eigenvalue weighted by Gasteiger charge is 2.23. The average molecular weight is 361 g/mol. The molecule has 3 N–H and O–H groups in total. The van der Waals surface area contributed by atoms with Gasteiger partial charge < -0.3 is 5.32 Å². The van der Waals surface area contributed by atoms with Crippen LogP contribution in [0, 0.1) is 5.92 Å². The van der Waals surface area contributed by atoms with Crippen molar-refractivity contribution < 1.29 is 9.11 Å². The Balaban J connectivity index is 2.15. The Morgan fingerprint density at radius 3 is 2.48 bits per heavy atom. The quantitative estimate of drug-likeness (QED) is 0.708. The van der Waals surface area contributed by atoms with Crippen LogP contribution in [0.3, 0.4) is 0 Å². The molecule has 2 rings (SSSR count). The van der Waals surface area contributed by atoms with Crippen molar-refractivity contribution in [3.8, 4) is 0 Å². The predicted molar refractivity (Wildman–Crippen MR) is 99.6 cm³/mol. The van der Waals surface area contributed by atoms with E-state index in [2.05, 4.69) is 24.1 Å². The Morgan fingerprint density at radius 2 is 1.96 bits per heavy atom. The minimum Gasteiger partial charge on any atom is -0.317 e. The maximum Gasteiger partial charge on any atom is 0.0595 e. The molecule has 0 bridgehead atoms. The summed E-state index contributed by atoms with van der Waals surface area (Å²) >= 11 is 6.41. The zero-order chi connectivity index (χ0) is 17.0. The van der Waals surface area contributed by atoms with Gasteiger partial charge >= 0.3 is 0 Å². The van der Waals surface area contributed by atoms with Crippen LogP contribution in [0.15, 0.2) is 23.1 Å². The van der Waals surface area contributed by atoms with E-state index in [-0.39, 0.29) is 0 Å². The summed E-state index contributed by atoms with van der Waals surface area (Å²) in [5.41, 5.74) is 1.05. The third-order valence-electron chi connectivity index (χ3n) is 4.27. The minimum atomic E-state index is -2.72. The van der Waals surface area contributed by atoms with Crippen LogP contribution in [-0.2, 0) is 6.54 Å². The van der Waals surface area contributed by atoms with Crippen molar-refractivity contribution in [3.05, 3.63) is 28.8 Å². The predicted octanol–water partition coefficient (Wildman–Crippen LogP) is 4.29. The van der Waals surface area contributed by atoms with E-state index in [4.69, 9.17) is 11.6 Å². The number of nitrogens with zero attached hydrogens (tertiary/aromatic N) is 1. The fourth-order valence-corrected chi connectivity index (χ4v) is 4.07. The van der Waals surface area contributed by atoms with E-state index in [0.717, 1.165) is 44.6 Å². The maximum absolute atomic E-state index is 9.77. The molecule has 1 aliphatic rings. The Bertz CT molecular complexity index is 514. The third-order valence-corrected chi connectivity index (χ3v) is 5.77. The van der Waals surface area contributed by atoms with E-state index in [1.807, 2.05) is 6.07 Å². The lowest BCUT2D eigenvalue weighted by Gasteiger charge is -2.36. The Labute approximate surface area is 146 Å². The van der Waals surface area contributed by atoms with Crippen LogP contribution in [0.4, 0.5) is 0 Å². The van der Waals surface area contributed by atoms with Crippen molar-refractivity contribution in [3.63, 3.8) is 0 Å². The molecule has 0 unspecified atom stereocenters. The molecule has 23 heavy (non-hydrogen) atoms. The first-order chi connectivity index (χ1) is 10.8. The van der Waals surface area contributed by atoms with Gasteiger partial charge in [0.1, 0.15) is 0 Å². The van der Waals surface area contributed by atoms with E-state index in [0.29, 0.717) is 21.9 Å². The summed E-state index contributed by atoms with van der Waals surface area (Å²) in [6.07, 6.45) is 3.76. The summed E-state index contributed by atoms with van der Waals surface area (Å²) in [7, 11) is -2.72. The van der Waals surface area contributed by atoms with Gasteiger partial charge in [-0.05, 0) is 49.5 Å². The molecular formula is C17H29ClN2O2S. The van der Waals surface area contributed by atoms with Crippen molar-refractivity contribution in [2.24, 2.45) is 5.92 Å². The van der Waals surface area contributed by atoms with Gasteiger partial charge in [0.2, 0.25) is 0 Å². The van der Waals surface area contributed by atoms with Crippen LogP contribution in [-0.4, -0.2) is 45.9 Å². The summed E-state index contributed by atoms with van der Waals surface area (Å²) in [4.78, 5) is 3.03. The van der Waals surface area contributed by atoms with Gasteiger partial charge in [-0.15, -0.1) is 0 Å². The van der Waals surface area contributed by atoms with Gasteiger partial charge in [-0.2, -0.15) is 10.6 Å². The number of halogens is 1. The molecule has 1 aliphatic heterocycles. The molecular weight excluding hydrogens is 332 g/mol. The minimum absolute atomic E-state index is 0.503. The first-order valence-corrected chi connectivity index (χ1v) is 10.6. The van der Waals surface area contributed by atoms with Crippen LogP contribution in [0.1, 0.15) is 32.3 Å². The molecule has 132 valence electrons. The van der Waals surface area contributed by atoms with Gasteiger partial charge in [0.15, 0.2) is 0 Å². The van der Waals surface area contributed by atoms with Gasteiger partial charge in [-0.25, -0.2) is 0 Å². The maximum atomic E-state index is 9.77. The Kier molecular flexibility index (Phi) is 6.77. The van der Waals surface area contributed by atoms with Crippen LogP contribution >= 0.6 is 22.2 Å². The van der Waals surface area contributed by atoms with E-state index in [1.165, 1.54) is 6.26 Å². The molecule has 0 amide bonds. The van der Waals surface area contributed by atoms with E-state index in [1.54, 1.807) is 12.1 Å². The molecule has 1 aromatic carbocycles. The molecule has 0 spiro atoms. The van der Waals surface area contributed by atoms with Crippen LogP contribution in [0.25, 0.3) is 0 Å². The summed E-state index contributed by atoms with van der Waals surface area (Å²) < 4.78 is 19.5. The van der Waals surface area contributed by atoms with Crippen molar-refractivity contribution in [2.45, 2.75) is 44.2 Å². The Hall–Kier alpha value is -0.300. The zero-order valence-electron chi connectivity index (χ0n) is 14.3. The number of nitrogens with one attached hydrogen (secondary N) is 1. The van der Waals surface area contributed by atoms with Crippen molar-refractivity contribution in [1.29, 1.82) is 0 Å². The first-order valence-electron chi connectivity index (χ1n) is 8.24. The smallest absolute Gasteiger partial charge is 0.0595 e. The van der Waals surface area contributed by atoms with Gasteiger partial charge in [0, 0.05) is 30.4 Å². The van der Waals surface area contributed by atoms with E-state index >= 15 is 0 Å². The highest BCUT2D eigenvalue weighted by molar-refractivity contribution is 8.23. The molecule has 1 saturated heterocycles. The lowest BCUT2D eigenvalue weighted by atomic mass is 10.0. The molecule has 1 heterocycles. The number of hydrogen-bond donors (Lipinski definition) is 3. The molecule has 0 saturated carbocycles. The molecule has 0 aliphatic carbocycles. The van der Waals surface area contributed by atoms with Crippen LogP contribution in [0.2, 0.25) is 5.02 Å². The highest BCUT2D eigenvalue weighted by atomic mass is 35.5. The molecule has 4 nitrogen and oxygen atoms in total. The third kappa shape index (κ3) is 5.62. The van der Waals surface area contributed by atoms with Crippen molar-refractivity contribution in [2.75, 3.05) is 25.9 Å². The normalized spacial score (nSPS) is 17.9. The molecule has 0 atom stereocenters. The molecule has 1 fully saturated rings. The lowest BCUT2D eigenvalue weighted by Crippen LogP contribution is -2.44. The fourth-order valence-electron chi connectivity index (χ4n) is 3.10. The number of benzene rings is 1. The number of rotatable bonds is 6. The van der Waals surface area contributed by atoms with Gasteiger partial charge in [0.05, 0.1) is 4.90 Å². The summed E-state index contributed by atoms with van der Waals surface area (Å²) in [6.45, 7) is 8.48. The van der Waals surface area contributed by atoms with E-state index < -0.39 is 10.6 Å². The summed E-state index contributed by atoms with van der Waals surface area (Å²) in [6, 6.07) is 6.00. The average Bonchev–Trinajstić information content (AvgIpc) is 2.48. The zero-order valence-corrected chi connectivity index (χ0v) is 15.8. The largest absolute Gasteiger partial charge is 0.317 e.